The van der Waals surface area contributed by atoms with Crippen LogP contribution in [0.15, 0.2) is 36.4 Å². The maximum absolute atomic E-state index is 11.8. The Labute approximate surface area is 124 Å². The standard InChI is InChI=1S/C17H19NO3/c1-11(2)21-17-10-6-7-14-15(17)8-5-9-16(14)18(12(3)19)13(4)20/h5-11H,1-4H3. The molecule has 0 saturated heterocycles. The zero-order chi connectivity index (χ0) is 15.6. The summed E-state index contributed by atoms with van der Waals surface area (Å²) < 4.78 is 5.79. The summed E-state index contributed by atoms with van der Waals surface area (Å²) in [4.78, 5) is 24.7. The van der Waals surface area contributed by atoms with E-state index in [0.717, 1.165) is 16.5 Å². The fourth-order valence-corrected chi connectivity index (χ4v) is 2.38. The van der Waals surface area contributed by atoms with Gasteiger partial charge in [-0.25, -0.2) is 0 Å². The largest absolute Gasteiger partial charge is 0.490 e. The van der Waals surface area contributed by atoms with Gasteiger partial charge in [0.2, 0.25) is 11.8 Å². The van der Waals surface area contributed by atoms with Crippen LogP contribution in [0, 0.1) is 0 Å². The highest BCUT2D eigenvalue weighted by molar-refractivity contribution is 6.18. The van der Waals surface area contributed by atoms with Gasteiger partial charge in [0.05, 0.1) is 11.8 Å². The van der Waals surface area contributed by atoms with Gasteiger partial charge < -0.3 is 4.74 Å². The van der Waals surface area contributed by atoms with Crippen molar-refractivity contribution in [3.8, 4) is 5.75 Å². The third kappa shape index (κ3) is 3.05. The summed E-state index contributed by atoms with van der Waals surface area (Å²) in [6, 6.07) is 11.2. The number of anilines is 1. The van der Waals surface area contributed by atoms with Crippen molar-refractivity contribution in [2.24, 2.45) is 0 Å². The molecule has 0 spiro atoms. The molecule has 0 bridgehead atoms. The molecule has 2 aromatic carbocycles. The van der Waals surface area contributed by atoms with Crippen molar-refractivity contribution in [2.75, 3.05) is 4.90 Å². The van der Waals surface area contributed by atoms with Crippen LogP contribution in [0.4, 0.5) is 5.69 Å². The molecule has 110 valence electrons. The molecule has 0 radical (unpaired) electrons. The zero-order valence-electron chi connectivity index (χ0n) is 12.7. The van der Waals surface area contributed by atoms with Crippen molar-refractivity contribution in [3.63, 3.8) is 0 Å². The van der Waals surface area contributed by atoms with E-state index in [1.54, 1.807) is 6.07 Å². The third-order valence-corrected chi connectivity index (χ3v) is 3.09. The summed E-state index contributed by atoms with van der Waals surface area (Å²) in [6.45, 7) is 6.68. The number of nitrogens with zero attached hydrogens (tertiary/aromatic N) is 1. The molecule has 0 saturated carbocycles. The molecule has 2 amide bonds. The third-order valence-electron chi connectivity index (χ3n) is 3.09. The number of hydrogen-bond acceptors (Lipinski definition) is 3. The van der Waals surface area contributed by atoms with Crippen LogP contribution in [0.1, 0.15) is 27.7 Å². The van der Waals surface area contributed by atoms with Crippen molar-refractivity contribution >= 4 is 28.3 Å². The van der Waals surface area contributed by atoms with Gasteiger partial charge in [-0.15, -0.1) is 0 Å². The van der Waals surface area contributed by atoms with Crippen molar-refractivity contribution < 1.29 is 14.3 Å². The van der Waals surface area contributed by atoms with Crippen LogP contribution < -0.4 is 9.64 Å². The maximum atomic E-state index is 11.8. The molecule has 2 rings (SSSR count). The molecule has 0 aliphatic carbocycles. The zero-order valence-corrected chi connectivity index (χ0v) is 12.7. The van der Waals surface area contributed by atoms with E-state index in [-0.39, 0.29) is 17.9 Å². The van der Waals surface area contributed by atoms with E-state index in [9.17, 15) is 9.59 Å². The predicted octanol–water partition coefficient (Wildman–Crippen LogP) is 3.53. The van der Waals surface area contributed by atoms with Crippen molar-refractivity contribution in [1.82, 2.24) is 0 Å². The van der Waals surface area contributed by atoms with Gasteiger partial charge in [0.1, 0.15) is 5.75 Å². The number of carbonyl (C=O) groups is 2. The van der Waals surface area contributed by atoms with Crippen LogP contribution in [0.5, 0.6) is 5.75 Å². The van der Waals surface area contributed by atoms with Crippen LogP contribution in [0.3, 0.4) is 0 Å². The Bertz CT molecular complexity index is 677. The normalized spacial score (nSPS) is 10.7. The minimum atomic E-state index is -0.301. The number of fused-ring (bicyclic) bond motifs is 1. The molecular weight excluding hydrogens is 266 g/mol. The highest BCUT2D eigenvalue weighted by Gasteiger charge is 2.19. The first kappa shape index (κ1) is 15.0. The molecule has 0 aliphatic heterocycles. The Balaban J connectivity index is 2.66. The molecule has 0 aliphatic rings. The second kappa shape index (κ2) is 5.95. The molecule has 4 nitrogen and oxygen atoms in total. The predicted molar refractivity (Wildman–Crippen MR) is 83.6 cm³/mol. The highest BCUT2D eigenvalue weighted by Crippen LogP contribution is 2.33. The van der Waals surface area contributed by atoms with Crippen LogP contribution in [0.2, 0.25) is 0 Å². The van der Waals surface area contributed by atoms with E-state index in [4.69, 9.17) is 4.74 Å². The van der Waals surface area contributed by atoms with Gasteiger partial charge in [0, 0.05) is 24.6 Å². The van der Waals surface area contributed by atoms with E-state index >= 15 is 0 Å². The SMILES string of the molecule is CC(=O)N(C(C)=O)c1cccc2c(OC(C)C)cccc12. The second-order valence-electron chi connectivity index (χ2n) is 5.17. The number of imide groups is 1. The number of carbonyl (C=O) groups excluding carboxylic acids is 2. The number of benzene rings is 2. The Hall–Kier alpha value is -2.36. The van der Waals surface area contributed by atoms with Crippen LogP contribution >= 0.6 is 0 Å². The van der Waals surface area contributed by atoms with Crippen molar-refractivity contribution in [3.05, 3.63) is 36.4 Å². The fraction of sp³-hybridized carbons (Fsp3) is 0.294. The van der Waals surface area contributed by atoms with Gasteiger partial charge in [0.25, 0.3) is 0 Å². The van der Waals surface area contributed by atoms with Crippen LogP contribution in [-0.2, 0) is 9.59 Å². The monoisotopic (exact) mass is 285 g/mol. The van der Waals surface area contributed by atoms with Crippen LogP contribution in [-0.4, -0.2) is 17.9 Å². The minimum absolute atomic E-state index is 0.0518. The lowest BCUT2D eigenvalue weighted by Gasteiger charge is -2.20. The van der Waals surface area contributed by atoms with E-state index in [1.165, 1.54) is 18.7 Å². The summed E-state index contributed by atoms with van der Waals surface area (Å²) in [5.74, 6) is 0.145. The molecule has 21 heavy (non-hydrogen) atoms. The fourth-order valence-electron chi connectivity index (χ4n) is 2.38. The Morgan fingerprint density at radius 3 is 2.10 bits per heavy atom. The minimum Gasteiger partial charge on any atom is -0.490 e. The van der Waals surface area contributed by atoms with E-state index in [2.05, 4.69) is 0 Å². The van der Waals surface area contributed by atoms with Gasteiger partial charge in [-0.2, -0.15) is 0 Å². The van der Waals surface area contributed by atoms with Crippen molar-refractivity contribution in [1.29, 1.82) is 0 Å². The summed E-state index contributed by atoms with van der Waals surface area (Å²) in [5.41, 5.74) is 0.585. The lowest BCUT2D eigenvalue weighted by Crippen LogP contribution is -2.33. The highest BCUT2D eigenvalue weighted by atomic mass is 16.5. The molecule has 0 unspecified atom stereocenters. The Morgan fingerprint density at radius 1 is 0.952 bits per heavy atom. The smallest absolute Gasteiger partial charge is 0.230 e. The summed E-state index contributed by atoms with van der Waals surface area (Å²) in [7, 11) is 0. The summed E-state index contributed by atoms with van der Waals surface area (Å²) >= 11 is 0. The number of amides is 2. The topological polar surface area (TPSA) is 46.6 Å². The Kier molecular flexibility index (Phi) is 4.26. The van der Waals surface area contributed by atoms with Gasteiger partial charge in [0.15, 0.2) is 0 Å². The molecular formula is C17H19NO3. The number of ether oxygens (including phenoxy) is 1. The lowest BCUT2D eigenvalue weighted by atomic mass is 10.1. The van der Waals surface area contributed by atoms with Crippen molar-refractivity contribution in [2.45, 2.75) is 33.8 Å². The molecule has 0 fully saturated rings. The number of hydrogen-bond donors (Lipinski definition) is 0. The van der Waals surface area contributed by atoms with E-state index in [0.29, 0.717) is 5.69 Å². The average Bonchev–Trinajstić information content (AvgIpc) is 2.38. The quantitative estimate of drug-likeness (QED) is 0.866. The van der Waals surface area contributed by atoms with Gasteiger partial charge in [-0.3, -0.25) is 14.5 Å². The first-order valence-corrected chi connectivity index (χ1v) is 6.91. The summed E-state index contributed by atoms with van der Waals surface area (Å²) in [5, 5.41) is 1.71. The molecule has 0 heterocycles. The average molecular weight is 285 g/mol. The second-order valence-corrected chi connectivity index (χ2v) is 5.17. The first-order valence-electron chi connectivity index (χ1n) is 6.91. The molecule has 2 aromatic rings. The maximum Gasteiger partial charge on any atom is 0.230 e. The van der Waals surface area contributed by atoms with Gasteiger partial charge in [-0.1, -0.05) is 24.3 Å². The lowest BCUT2D eigenvalue weighted by molar-refractivity contribution is -0.124. The van der Waals surface area contributed by atoms with E-state index < -0.39 is 0 Å². The molecule has 0 N–H and O–H groups in total. The molecule has 0 atom stereocenters. The van der Waals surface area contributed by atoms with Gasteiger partial charge >= 0.3 is 0 Å². The van der Waals surface area contributed by atoms with Crippen LogP contribution in [0.25, 0.3) is 10.8 Å². The summed E-state index contributed by atoms with van der Waals surface area (Å²) in [6.07, 6.45) is 0.0518. The van der Waals surface area contributed by atoms with E-state index in [1.807, 2.05) is 44.2 Å². The first-order chi connectivity index (χ1) is 9.91. The molecule has 0 aromatic heterocycles. The number of rotatable bonds is 3. The molecule has 4 heteroatoms. The van der Waals surface area contributed by atoms with Gasteiger partial charge in [-0.05, 0) is 26.0 Å². The Morgan fingerprint density at radius 2 is 1.52 bits per heavy atom.